The monoisotopic (exact) mass is 505 g/mol. The number of hydrogen-bond donors (Lipinski definition) is 4. The van der Waals surface area contributed by atoms with Gasteiger partial charge in [0.15, 0.2) is 8.32 Å². The third kappa shape index (κ3) is 3.55. The van der Waals surface area contributed by atoms with Crippen molar-refractivity contribution in [2.24, 2.45) is 11.8 Å². The van der Waals surface area contributed by atoms with E-state index >= 15 is 0 Å². The van der Waals surface area contributed by atoms with Crippen molar-refractivity contribution in [2.45, 2.75) is 120 Å². The Balaban J connectivity index is 1.63. The van der Waals surface area contributed by atoms with Gasteiger partial charge in [0.1, 0.15) is 12.2 Å². The van der Waals surface area contributed by atoms with E-state index in [9.17, 15) is 14.7 Å². The largest absolute Gasteiger partial charge is 0.408 e. The molecular weight excluding hydrogens is 462 g/mol. The summed E-state index contributed by atoms with van der Waals surface area (Å²) < 4.78 is 13.4. The smallest absolute Gasteiger partial charge is 0.315 e. The Hall–Kier alpha value is -1.42. The number of fused-ring (bicyclic) bond motifs is 1. The summed E-state index contributed by atoms with van der Waals surface area (Å²) in [5.41, 5.74) is -1.06. The molecule has 8 nitrogen and oxygen atoms in total. The number of nitrogens with one attached hydrogen (secondary N) is 3. The van der Waals surface area contributed by atoms with E-state index in [1.54, 1.807) is 0 Å². The molecule has 3 aliphatic heterocycles. The maximum atomic E-state index is 13.8. The predicted octanol–water partition coefficient (Wildman–Crippen LogP) is 2.97. The highest BCUT2D eigenvalue weighted by molar-refractivity contribution is 6.74. The number of piperidine rings is 1. The molecule has 0 aromatic heterocycles. The summed E-state index contributed by atoms with van der Waals surface area (Å²) in [5, 5.41) is 20.5. The molecule has 0 aromatic rings. The van der Waals surface area contributed by atoms with Crippen LogP contribution >= 0.6 is 0 Å². The van der Waals surface area contributed by atoms with Crippen LogP contribution in [0.3, 0.4) is 0 Å². The Bertz CT molecular complexity index is 961. The summed E-state index contributed by atoms with van der Waals surface area (Å²) in [6, 6.07) is -0.269. The Morgan fingerprint density at radius 1 is 1.31 bits per heavy atom. The molecule has 9 heteroatoms. The molecule has 2 saturated carbocycles. The summed E-state index contributed by atoms with van der Waals surface area (Å²) in [4.78, 5) is 26.8. The minimum atomic E-state index is -2.25. The third-order valence-electron chi connectivity index (χ3n) is 9.86. The standard InChI is InChI=1S/C26H43N3O5Si/c1-15(2)27-22(32)29-25-10-8-9-16(25)13-17-24(14-30,34-35(6,7)23(3,4)5)11-12-26(17)20-19(33-20)18(25)21(31)28-26/h13,15,17-20,30H,8-12,14H2,1-7H3,(H,28,31)(H2,27,29,32)/b16-13-/t17?,18-,19-,20-,24-,25-,26-/m1/s1. The fourth-order valence-electron chi connectivity index (χ4n) is 7.22. The fourth-order valence-corrected chi connectivity index (χ4v) is 8.84. The number of aliphatic hydroxyl groups is 1. The molecule has 35 heavy (non-hydrogen) atoms. The van der Waals surface area contributed by atoms with Crippen molar-refractivity contribution < 1.29 is 23.9 Å². The molecule has 196 valence electrons. The third-order valence-corrected chi connectivity index (χ3v) is 14.4. The second-order valence-electron chi connectivity index (χ2n) is 13.4. The maximum Gasteiger partial charge on any atom is 0.315 e. The lowest BCUT2D eigenvalue weighted by Crippen LogP contribution is -2.72. The first kappa shape index (κ1) is 25.2. The van der Waals surface area contributed by atoms with E-state index in [2.05, 4.69) is 55.9 Å². The van der Waals surface area contributed by atoms with Crippen molar-refractivity contribution in [3.8, 4) is 0 Å². The van der Waals surface area contributed by atoms with Crippen LogP contribution in [-0.2, 0) is 14.0 Å². The molecule has 1 unspecified atom stereocenters. The molecule has 1 spiro atoms. The number of ether oxygens (including phenoxy) is 1. The number of amides is 3. The van der Waals surface area contributed by atoms with Crippen LogP contribution in [0.15, 0.2) is 11.6 Å². The summed E-state index contributed by atoms with van der Waals surface area (Å²) in [5.74, 6) is -0.722. The van der Waals surface area contributed by atoms with Crippen molar-refractivity contribution in [3.05, 3.63) is 11.6 Å². The molecule has 2 bridgehead atoms. The molecule has 3 heterocycles. The van der Waals surface area contributed by atoms with Crippen molar-refractivity contribution in [1.82, 2.24) is 16.0 Å². The molecule has 0 aromatic carbocycles. The van der Waals surface area contributed by atoms with Gasteiger partial charge in [-0.2, -0.15) is 0 Å². The lowest BCUT2D eigenvalue weighted by atomic mass is 9.64. The van der Waals surface area contributed by atoms with Crippen molar-refractivity contribution in [3.63, 3.8) is 0 Å². The van der Waals surface area contributed by atoms with Gasteiger partial charge in [0.2, 0.25) is 5.91 Å². The van der Waals surface area contributed by atoms with Gasteiger partial charge in [-0.15, -0.1) is 0 Å². The van der Waals surface area contributed by atoms with Crippen LogP contribution in [0.25, 0.3) is 0 Å². The molecular formula is C26H43N3O5Si. The summed E-state index contributed by atoms with van der Waals surface area (Å²) >= 11 is 0. The van der Waals surface area contributed by atoms with E-state index < -0.39 is 30.9 Å². The van der Waals surface area contributed by atoms with Gasteiger partial charge < -0.3 is 30.2 Å². The van der Waals surface area contributed by atoms with E-state index in [0.717, 1.165) is 18.4 Å². The molecule has 2 saturated heterocycles. The zero-order valence-electron chi connectivity index (χ0n) is 22.3. The van der Waals surface area contributed by atoms with E-state index in [0.29, 0.717) is 19.3 Å². The Kier molecular flexibility index (Phi) is 5.62. The minimum absolute atomic E-state index is 0.0126. The molecule has 3 amide bonds. The normalized spacial score (nSPS) is 43.3. The average Bonchev–Trinajstić information content (AvgIpc) is 3.34. The SMILES string of the molecule is CC(C)NC(=O)N[C@]12CCC/C1=C/C1[C@@](CO)(O[Si](C)(C)C(C)(C)C)CC[C@@]13NC(=O)[C@H]2[C@H]1O[C@H]13. The second-order valence-corrected chi connectivity index (χ2v) is 18.1. The topological polar surface area (TPSA) is 112 Å². The number of epoxide rings is 1. The number of aliphatic hydroxyl groups excluding tert-OH is 1. The van der Waals surface area contributed by atoms with Gasteiger partial charge in [0, 0.05) is 12.0 Å². The fraction of sp³-hybridized carbons (Fsp3) is 0.846. The first-order chi connectivity index (χ1) is 16.2. The molecule has 4 fully saturated rings. The zero-order valence-corrected chi connectivity index (χ0v) is 23.3. The summed E-state index contributed by atoms with van der Waals surface area (Å²) in [7, 11) is -2.25. The molecule has 0 radical (unpaired) electrons. The highest BCUT2D eigenvalue weighted by Gasteiger charge is 2.76. The quantitative estimate of drug-likeness (QED) is 0.261. The van der Waals surface area contributed by atoms with Crippen LogP contribution in [0.2, 0.25) is 18.1 Å². The first-order valence-electron chi connectivity index (χ1n) is 13.3. The van der Waals surface area contributed by atoms with Gasteiger partial charge in [-0.05, 0) is 69.7 Å². The van der Waals surface area contributed by atoms with Gasteiger partial charge in [0.05, 0.1) is 29.2 Å². The van der Waals surface area contributed by atoms with E-state index in [1.807, 2.05) is 13.8 Å². The summed E-state index contributed by atoms with van der Waals surface area (Å²) in [6.07, 6.45) is 5.70. The Morgan fingerprint density at radius 3 is 2.66 bits per heavy atom. The van der Waals surface area contributed by atoms with Crippen LogP contribution in [-0.4, -0.2) is 66.9 Å². The Labute approximate surface area is 210 Å². The average molecular weight is 506 g/mol. The highest BCUT2D eigenvalue weighted by Crippen LogP contribution is 2.63. The first-order valence-corrected chi connectivity index (χ1v) is 16.2. The number of carbonyl (C=O) groups excluding carboxylic acids is 2. The minimum Gasteiger partial charge on any atom is -0.408 e. The molecule has 3 aliphatic carbocycles. The highest BCUT2D eigenvalue weighted by atomic mass is 28.4. The number of rotatable bonds is 5. The van der Waals surface area contributed by atoms with Crippen LogP contribution in [0, 0.1) is 11.8 Å². The molecule has 6 aliphatic rings. The second kappa shape index (κ2) is 7.79. The van der Waals surface area contributed by atoms with E-state index in [-0.39, 0.29) is 47.8 Å². The van der Waals surface area contributed by atoms with Crippen LogP contribution in [0.5, 0.6) is 0 Å². The van der Waals surface area contributed by atoms with E-state index in [1.165, 1.54) is 0 Å². The van der Waals surface area contributed by atoms with Gasteiger partial charge in [0.25, 0.3) is 0 Å². The zero-order chi connectivity index (χ0) is 25.6. The van der Waals surface area contributed by atoms with Gasteiger partial charge >= 0.3 is 6.03 Å². The van der Waals surface area contributed by atoms with Gasteiger partial charge in [-0.3, -0.25) is 4.79 Å². The summed E-state index contributed by atoms with van der Waals surface area (Å²) in [6.45, 7) is 14.8. The molecule has 6 rings (SSSR count). The molecule has 7 atom stereocenters. The number of carbonyl (C=O) groups is 2. The maximum absolute atomic E-state index is 13.8. The van der Waals surface area contributed by atoms with Crippen LogP contribution < -0.4 is 16.0 Å². The van der Waals surface area contributed by atoms with Crippen LogP contribution in [0.1, 0.15) is 66.7 Å². The lowest BCUT2D eigenvalue weighted by Gasteiger charge is -2.52. The van der Waals surface area contributed by atoms with Crippen molar-refractivity contribution >= 4 is 20.3 Å². The number of urea groups is 1. The van der Waals surface area contributed by atoms with Crippen molar-refractivity contribution in [2.75, 3.05) is 6.61 Å². The van der Waals surface area contributed by atoms with Gasteiger partial charge in [-0.25, -0.2) is 4.79 Å². The van der Waals surface area contributed by atoms with Crippen molar-refractivity contribution in [1.29, 1.82) is 0 Å². The number of hydrogen-bond acceptors (Lipinski definition) is 5. The molecule has 4 N–H and O–H groups in total. The van der Waals surface area contributed by atoms with Gasteiger partial charge in [-0.1, -0.05) is 26.8 Å². The Morgan fingerprint density at radius 2 is 2.03 bits per heavy atom. The predicted molar refractivity (Wildman–Crippen MR) is 135 cm³/mol. The van der Waals surface area contributed by atoms with Crippen LogP contribution in [0.4, 0.5) is 4.79 Å². The van der Waals surface area contributed by atoms with E-state index in [4.69, 9.17) is 9.16 Å². The lowest BCUT2D eigenvalue weighted by molar-refractivity contribution is -0.132.